The van der Waals surface area contributed by atoms with Crippen LogP contribution in [0, 0.1) is 12.8 Å². The SMILES string of the molecule is Cc1cc(CNC(=O)C2CC2)n[nH]1. The van der Waals surface area contributed by atoms with E-state index in [0.29, 0.717) is 6.54 Å². The number of hydrogen-bond acceptors (Lipinski definition) is 2. The van der Waals surface area contributed by atoms with Crippen molar-refractivity contribution in [2.45, 2.75) is 26.3 Å². The van der Waals surface area contributed by atoms with E-state index in [0.717, 1.165) is 24.2 Å². The Labute approximate surface area is 76.7 Å². The second-order valence-electron chi connectivity index (χ2n) is 3.53. The van der Waals surface area contributed by atoms with Crippen molar-refractivity contribution in [3.63, 3.8) is 0 Å². The Morgan fingerprint density at radius 1 is 1.77 bits per heavy atom. The Hall–Kier alpha value is -1.32. The molecular formula is C9H13N3O. The Bertz CT molecular complexity index is 314. The zero-order valence-electron chi connectivity index (χ0n) is 7.63. The molecule has 1 saturated carbocycles. The van der Waals surface area contributed by atoms with Gasteiger partial charge in [-0.1, -0.05) is 0 Å². The second kappa shape index (κ2) is 3.20. The molecule has 2 N–H and O–H groups in total. The summed E-state index contributed by atoms with van der Waals surface area (Å²) in [6.07, 6.45) is 2.09. The predicted molar refractivity (Wildman–Crippen MR) is 47.9 cm³/mol. The zero-order chi connectivity index (χ0) is 9.26. The van der Waals surface area contributed by atoms with Gasteiger partial charge in [-0.2, -0.15) is 5.10 Å². The standard InChI is InChI=1S/C9H13N3O/c1-6-4-8(12-11-6)5-10-9(13)7-2-3-7/h4,7H,2-3,5H2,1H3,(H,10,13)(H,11,12). The summed E-state index contributed by atoms with van der Waals surface area (Å²) in [7, 11) is 0. The second-order valence-corrected chi connectivity index (χ2v) is 3.53. The number of carbonyl (C=O) groups excluding carboxylic acids is 1. The number of carbonyl (C=O) groups is 1. The van der Waals surface area contributed by atoms with Crippen LogP contribution in [0.15, 0.2) is 6.07 Å². The quantitative estimate of drug-likeness (QED) is 0.719. The Balaban J connectivity index is 1.81. The summed E-state index contributed by atoms with van der Waals surface area (Å²) in [4.78, 5) is 11.2. The van der Waals surface area contributed by atoms with E-state index in [1.54, 1.807) is 0 Å². The third-order valence-electron chi connectivity index (χ3n) is 2.15. The summed E-state index contributed by atoms with van der Waals surface area (Å²) in [5.74, 6) is 0.445. The van der Waals surface area contributed by atoms with Crippen LogP contribution in [-0.2, 0) is 11.3 Å². The van der Waals surface area contributed by atoms with Gasteiger partial charge in [-0.3, -0.25) is 9.89 Å². The highest BCUT2D eigenvalue weighted by Crippen LogP contribution is 2.28. The number of nitrogens with zero attached hydrogens (tertiary/aromatic N) is 1. The van der Waals surface area contributed by atoms with Crippen LogP contribution in [-0.4, -0.2) is 16.1 Å². The first kappa shape index (κ1) is 8.29. The van der Waals surface area contributed by atoms with E-state index >= 15 is 0 Å². The molecule has 1 aromatic rings. The third-order valence-corrected chi connectivity index (χ3v) is 2.15. The fourth-order valence-electron chi connectivity index (χ4n) is 1.23. The smallest absolute Gasteiger partial charge is 0.223 e. The summed E-state index contributed by atoms with van der Waals surface area (Å²) in [5, 5.41) is 9.72. The average molecular weight is 179 g/mol. The van der Waals surface area contributed by atoms with Crippen LogP contribution in [0.5, 0.6) is 0 Å². The molecular weight excluding hydrogens is 166 g/mol. The molecule has 13 heavy (non-hydrogen) atoms. The summed E-state index contributed by atoms with van der Waals surface area (Å²) >= 11 is 0. The molecule has 1 amide bonds. The normalized spacial score (nSPS) is 15.8. The van der Waals surface area contributed by atoms with E-state index in [4.69, 9.17) is 0 Å². The van der Waals surface area contributed by atoms with Crippen molar-refractivity contribution >= 4 is 5.91 Å². The lowest BCUT2D eigenvalue weighted by atomic mass is 10.3. The first-order valence-electron chi connectivity index (χ1n) is 4.54. The Kier molecular flexibility index (Phi) is 2.04. The van der Waals surface area contributed by atoms with E-state index in [2.05, 4.69) is 15.5 Å². The molecule has 0 radical (unpaired) electrons. The van der Waals surface area contributed by atoms with Gasteiger partial charge in [0.2, 0.25) is 5.91 Å². The van der Waals surface area contributed by atoms with E-state index in [1.807, 2.05) is 13.0 Å². The lowest BCUT2D eigenvalue weighted by molar-refractivity contribution is -0.122. The monoisotopic (exact) mass is 179 g/mol. The number of H-pyrrole nitrogens is 1. The number of amides is 1. The maximum atomic E-state index is 11.2. The van der Waals surface area contributed by atoms with Gasteiger partial charge >= 0.3 is 0 Å². The lowest BCUT2D eigenvalue weighted by Gasteiger charge is -1.99. The van der Waals surface area contributed by atoms with Crippen LogP contribution in [0.2, 0.25) is 0 Å². The fourth-order valence-corrected chi connectivity index (χ4v) is 1.23. The van der Waals surface area contributed by atoms with Crippen LogP contribution < -0.4 is 5.32 Å². The summed E-state index contributed by atoms with van der Waals surface area (Å²) < 4.78 is 0. The highest BCUT2D eigenvalue weighted by molar-refractivity contribution is 5.80. The zero-order valence-corrected chi connectivity index (χ0v) is 7.63. The molecule has 0 unspecified atom stereocenters. The van der Waals surface area contributed by atoms with Crippen molar-refractivity contribution in [3.05, 3.63) is 17.5 Å². The van der Waals surface area contributed by atoms with Crippen molar-refractivity contribution in [2.24, 2.45) is 5.92 Å². The van der Waals surface area contributed by atoms with Crippen LogP contribution in [0.4, 0.5) is 0 Å². The average Bonchev–Trinajstić information content (AvgIpc) is 2.87. The molecule has 70 valence electrons. The van der Waals surface area contributed by atoms with Gasteiger partial charge in [-0.15, -0.1) is 0 Å². The molecule has 0 atom stereocenters. The predicted octanol–water partition coefficient (Wildman–Crippen LogP) is 0.744. The van der Waals surface area contributed by atoms with E-state index in [9.17, 15) is 4.79 Å². The Morgan fingerprint density at radius 2 is 2.54 bits per heavy atom. The molecule has 0 aromatic carbocycles. The Morgan fingerprint density at radius 3 is 3.08 bits per heavy atom. The van der Waals surface area contributed by atoms with Gasteiger partial charge in [0.25, 0.3) is 0 Å². The van der Waals surface area contributed by atoms with Crippen molar-refractivity contribution < 1.29 is 4.79 Å². The largest absolute Gasteiger partial charge is 0.350 e. The molecule has 1 aliphatic carbocycles. The third kappa shape index (κ3) is 2.08. The lowest BCUT2D eigenvalue weighted by Crippen LogP contribution is -2.24. The topological polar surface area (TPSA) is 57.8 Å². The molecule has 1 aliphatic rings. The van der Waals surface area contributed by atoms with Crippen LogP contribution in [0.25, 0.3) is 0 Å². The molecule has 0 bridgehead atoms. The van der Waals surface area contributed by atoms with E-state index in [1.165, 1.54) is 0 Å². The van der Waals surface area contributed by atoms with Crippen LogP contribution in [0.3, 0.4) is 0 Å². The number of rotatable bonds is 3. The van der Waals surface area contributed by atoms with Crippen molar-refractivity contribution in [1.82, 2.24) is 15.5 Å². The molecule has 1 aromatic heterocycles. The van der Waals surface area contributed by atoms with Crippen molar-refractivity contribution in [2.75, 3.05) is 0 Å². The molecule has 4 nitrogen and oxygen atoms in total. The molecule has 1 heterocycles. The van der Waals surface area contributed by atoms with E-state index < -0.39 is 0 Å². The van der Waals surface area contributed by atoms with Gasteiger partial charge in [0.15, 0.2) is 0 Å². The number of nitrogens with one attached hydrogen (secondary N) is 2. The summed E-state index contributed by atoms with van der Waals surface area (Å²) in [6.45, 7) is 2.49. The van der Waals surface area contributed by atoms with Crippen LogP contribution in [0.1, 0.15) is 24.2 Å². The maximum absolute atomic E-state index is 11.2. The minimum atomic E-state index is 0.167. The summed E-state index contributed by atoms with van der Waals surface area (Å²) in [6, 6.07) is 1.94. The maximum Gasteiger partial charge on any atom is 0.223 e. The van der Waals surface area contributed by atoms with E-state index in [-0.39, 0.29) is 11.8 Å². The first-order valence-corrected chi connectivity index (χ1v) is 4.54. The van der Waals surface area contributed by atoms with Gasteiger partial charge < -0.3 is 5.32 Å². The summed E-state index contributed by atoms with van der Waals surface area (Å²) in [5.41, 5.74) is 1.92. The molecule has 0 spiro atoms. The minimum absolute atomic E-state index is 0.167. The first-order chi connectivity index (χ1) is 6.25. The number of aryl methyl sites for hydroxylation is 1. The molecule has 2 rings (SSSR count). The van der Waals surface area contributed by atoms with Gasteiger partial charge in [-0.05, 0) is 25.8 Å². The molecule has 1 fully saturated rings. The fraction of sp³-hybridized carbons (Fsp3) is 0.556. The number of hydrogen-bond donors (Lipinski definition) is 2. The molecule has 4 heteroatoms. The van der Waals surface area contributed by atoms with Gasteiger partial charge in [0.1, 0.15) is 0 Å². The highest BCUT2D eigenvalue weighted by atomic mass is 16.2. The highest BCUT2D eigenvalue weighted by Gasteiger charge is 2.29. The van der Waals surface area contributed by atoms with Gasteiger partial charge in [-0.25, -0.2) is 0 Å². The van der Waals surface area contributed by atoms with Gasteiger partial charge in [0, 0.05) is 11.6 Å². The van der Waals surface area contributed by atoms with Crippen LogP contribution >= 0.6 is 0 Å². The minimum Gasteiger partial charge on any atom is -0.350 e. The molecule has 0 aliphatic heterocycles. The van der Waals surface area contributed by atoms with Crippen molar-refractivity contribution in [1.29, 1.82) is 0 Å². The number of aromatic amines is 1. The molecule has 0 saturated heterocycles. The van der Waals surface area contributed by atoms with Crippen molar-refractivity contribution in [3.8, 4) is 0 Å². The van der Waals surface area contributed by atoms with Gasteiger partial charge in [0.05, 0.1) is 12.2 Å². The number of aromatic nitrogens is 2.